The average molecular weight is 363 g/mol. The van der Waals surface area contributed by atoms with Gasteiger partial charge < -0.3 is 14.6 Å². The molecule has 1 unspecified atom stereocenters. The Kier molecular flexibility index (Phi) is 4.62. The van der Waals surface area contributed by atoms with E-state index in [1.165, 1.54) is 11.1 Å². The molecule has 3 aromatic rings. The number of nitrogens with zero attached hydrogens (tertiary/aromatic N) is 2. The highest BCUT2D eigenvalue weighted by atomic mass is 16.5. The maximum Gasteiger partial charge on any atom is 0.270 e. The number of rotatable bonds is 4. The molecule has 1 amide bonds. The van der Waals surface area contributed by atoms with Crippen LogP contribution in [-0.2, 0) is 13.0 Å². The summed E-state index contributed by atoms with van der Waals surface area (Å²) in [5, 5.41) is 0.981. The SMILES string of the molecule is COc1ccc2[nH]c(C(=O)N(C)CC3Cc4ccccc4CN3C)cc2c1. The summed E-state index contributed by atoms with van der Waals surface area (Å²) in [4.78, 5) is 20.3. The Balaban J connectivity index is 1.49. The highest BCUT2D eigenvalue weighted by Crippen LogP contribution is 2.24. The van der Waals surface area contributed by atoms with Gasteiger partial charge in [-0.1, -0.05) is 24.3 Å². The summed E-state index contributed by atoms with van der Waals surface area (Å²) in [5.74, 6) is 0.800. The molecule has 5 heteroatoms. The monoisotopic (exact) mass is 363 g/mol. The molecular weight excluding hydrogens is 338 g/mol. The summed E-state index contributed by atoms with van der Waals surface area (Å²) in [7, 11) is 5.66. The van der Waals surface area contributed by atoms with E-state index in [1.807, 2.05) is 36.2 Å². The van der Waals surface area contributed by atoms with Gasteiger partial charge in [0.15, 0.2) is 0 Å². The molecule has 0 aliphatic carbocycles. The summed E-state index contributed by atoms with van der Waals surface area (Å²) in [5.41, 5.74) is 4.32. The van der Waals surface area contributed by atoms with E-state index in [1.54, 1.807) is 7.11 Å². The van der Waals surface area contributed by atoms with Gasteiger partial charge in [-0.15, -0.1) is 0 Å². The summed E-state index contributed by atoms with van der Waals surface area (Å²) >= 11 is 0. The van der Waals surface area contributed by atoms with Crippen molar-refractivity contribution in [3.63, 3.8) is 0 Å². The van der Waals surface area contributed by atoms with Gasteiger partial charge >= 0.3 is 0 Å². The first kappa shape index (κ1) is 17.6. The molecule has 0 saturated carbocycles. The van der Waals surface area contributed by atoms with Crippen LogP contribution in [0.25, 0.3) is 10.9 Å². The van der Waals surface area contributed by atoms with Crippen molar-refractivity contribution < 1.29 is 9.53 Å². The number of amides is 1. The molecule has 1 atom stereocenters. The van der Waals surface area contributed by atoms with Gasteiger partial charge in [-0.2, -0.15) is 0 Å². The third-order valence-electron chi connectivity index (χ3n) is 5.51. The number of benzene rings is 2. The van der Waals surface area contributed by atoms with E-state index in [2.05, 4.69) is 41.2 Å². The smallest absolute Gasteiger partial charge is 0.270 e. The van der Waals surface area contributed by atoms with Gasteiger partial charge in [-0.05, 0) is 48.9 Å². The van der Waals surface area contributed by atoms with Crippen LogP contribution in [0.2, 0.25) is 0 Å². The highest BCUT2D eigenvalue weighted by Gasteiger charge is 2.26. The number of H-pyrrole nitrogens is 1. The van der Waals surface area contributed by atoms with E-state index in [0.29, 0.717) is 18.3 Å². The molecule has 1 aromatic heterocycles. The second-order valence-corrected chi connectivity index (χ2v) is 7.36. The summed E-state index contributed by atoms with van der Waals surface area (Å²) in [6.07, 6.45) is 0.966. The number of hydrogen-bond donors (Lipinski definition) is 1. The van der Waals surface area contributed by atoms with Crippen LogP contribution in [0.1, 0.15) is 21.6 Å². The van der Waals surface area contributed by atoms with Crippen molar-refractivity contribution in [2.75, 3.05) is 27.7 Å². The molecule has 5 nitrogen and oxygen atoms in total. The van der Waals surface area contributed by atoms with Crippen molar-refractivity contribution in [2.45, 2.75) is 19.0 Å². The van der Waals surface area contributed by atoms with Gasteiger partial charge in [0.2, 0.25) is 0 Å². The fraction of sp³-hybridized carbons (Fsp3) is 0.318. The van der Waals surface area contributed by atoms with Gasteiger partial charge in [-0.25, -0.2) is 0 Å². The lowest BCUT2D eigenvalue weighted by molar-refractivity contribution is 0.0728. The molecule has 140 valence electrons. The van der Waals surface area contributed by atoms with Crippen molar-refractivity contribution in [1.82, 2.24) is 14.8 Å². The zero-order chi connectivity index (χ0) is 19.0. The molecule has 0 spiro atoms. The molecular formula is C22H25N3O2. The number of aromatic nitrogens is 1. The minimum atomic E-state index is 0.0115. The zero-order valence-corrected chi connectivity index (χ0v) is 16.0. The highest BCUT2D eigenvalue weighted by molar-refractivity contribution is 5.98. The van der Waals surface area contributed by atoms with Crippen molar-refractivity contribution in [1.29, 1.82) is 0 Å². The number of aromatic amines is 1. The minimum Gasteiger partial charge on any atom is -0.497 e. The van der Waals surface area contributed by atoms with Gasteiger partial charge in [0.05, 0.1) is 7.11 Å². The third kappa shape index (κ3) is 3.43. The van der Waals surface area contributed by atoms with E-state index < -0.39 is 0 Å². The fourth-order valence-electron chi connectivity index (χ4n) is 3.88. The predicted molar refractivity (Wildman–Crippen MR) is 107 cm³/mol. The molecule has 27 heavy (non-hydrogen) atoms. The molecule has 1 aliphatic heterocycles. The van der Waals surface area contributed by atoms with Crippen LogP contribution in [0.5, 0.6) is 5.75 Å². The van der Waals surface area contributed by atoms with Gasteiger partial charge in [-0.3, -0.25) is 9.69 Å². The lowest BCUT2D eigenvalue weighted by atomic mass is 9.94. The van der Waals surface area contributed by atoms with Crippen LogP contribution in [0.3, 0.4) is 0 Å². The van der Waals surface area contributed by atoms with Crippen molar-refractivity contribution in [3.8, 4) is 5.75 Å². The first-order chi connectivity index (χ1) is 13.0. The molecule has 2 heterocycles. The van der Waals surface area contributed by atoms with Gasteiger partial charge in [0.1, 0.15) is 11.4 Å². The summed E-state index contributed by atoms with van der Waals surface area (Å²) in [6.45, 7) is 1.62. The number of fused-ring (bicyclic) bond motifs is 2. The van der Waals surface area contributed by atoms with Crippen LogP contribution in [0.15, 0.2) is 48.5 Å². The van der Waals surface area contributed by atoms with Crippen molar-refractivity contribution in [2.24, 2.45) is 0 Å². The molecule has 1 N–H and O–H groups in total. The third-order valence-corrected chi connectivity index (χ3v) is 5.51. The molecule has 4 rings (SSSR count). The minimum absolute atomic E-state index is 0.0115. The van der Waals surface area contributed by atoms with Crippen molar-refractivity contribution >= 4 is 16.8 Å². The van der Waals surface area contributed by atoms with Crippen LogP contribution >= 0.6 is 0 Å². The summed E-state index contributed by atoms with van der Waals surface area (Å²) < 4.78 is 5.27. The van der Waals surface area contributed by atoms with Crippen molar-refractivity contribution in [3.05, 3.63) is 65.4 Å². The maximum atomic E-state index is 12.9. The number of likely N-dealkylation sites (N-methyl/N-ethyl adjacent to an activating group) is 2. The molecule has 0 bridgehead atoms. The normalized spacial score (nSPS) is 16.9. The van der Waals surface area contributed by atoms with E-state index in [4.69, 9.17) is 4.74 Å². The topological polar surface area (TPSA) is 48.6 Å². The molecule has 2 aromatic carbocycles. The average Bonchev–Trinajstić information content (AvgIpc) is 3.11. The summed E-state index contributed by atoms with van der Waals surface area (Å²) in [6, 6.07) is 16.6. The molecule has 0 radical (unpaired) electrons. The second-order valence-electron chi connectivity index (χ2n) is 7.36. The Morgan fingerprint density at radius 2 is 2.00 bits per heavy atom. The molecule has 0 fully saturated rings. The van der Waals surface area contributed by atoms with E-state index in [0.717, 1.165) is 29.6 Å². The van der Waals surface area contributed by atoms with Gasteiger partial charge in [0.25, 0.3) is 5.91 Å². The van der Waals surface area contributed by atoms with Crippen LogP contribution in [0.4, 0.5) is 0 Å². The Labute approximate surface area is 159 Å². The standard InChI is InChI=1S/C22H25N3O2/c1-24-13-16-7-5-4-6-15(16)10-18(24)14-25(2)22(26)21-12-17-11-19(27-3)8-9-20(17)23-21/h4-9,11-12,18,23H,10,13-14H2,1-3H3. The Morgan fingerprint density at radius 3 is 2.78 bits per heavy atom. The number of carbonyl (C=O) groups excluding carboxylic acids is 1. The second kappa shape index (κ2) is 7.08. The van der Waals surface area contributed by atoms with Crippen LogP contribution < -0.4 is 4.74 Å². The first-order valence-corrected chi connectivity index (χ1v) is 9.24. The number of hydrogen-bond acceptors (Lipinski definition) is 3. The Bertz CT molecular complexity index is 979. The number of carbonyl (C=O) groups is 1. The first-order valence-electron chi connectivity index (χ1n) is 9.24. The molecule has 0 saturated heterocycles. The van der Waals surface area contributed by atoms with E-state index in [9.17, 15) is 4.79 Å². The lowest BCUT2D eigenvalue weighted by Gasteiger charge is -2.36. The predicted octanol–water partition coefficient (Wildman–Crippen LogP) is 3.31. The van der Waals surface area contributed by atoms with E-state index in [-0.39, 0.29) is 5.91 Å². The van der Waals surface area contributed by atoms with Crippen LogP contribution in [0, 0.1) is 0 Å². The fourth-order valence-corrected chi connectivity index (χ4v) is 3.88. The van der Waals surface area contributed by atoms with E-state index >= 15 is 0 Å². The quantitative estimate of drug-likeness (QED) is 0.774. The largest absolute Gasteiger partial charge is 0.497 e. The Morgan fingerprint density at radius 1 is 1.22 bits per heavy atom. The molecule has 1 aliphatic rings. The Hall–Kier alpha value is -2.79. The number of ether oxygens (including phenoxy) is 1. The maximum absolute atomic E-state index is 12.9. The van der Waals surface area contributed by atoms with Gasteiger partial charge in [0, 0.05) is 37.1 Å². The number of methoxy groups -OCH3 is 1. The van der Waals surface area contributed by atoms with Crippen LogP contribution in [-0.4, -0.2) is 54.5 Å². The lowest BCUT2D eigenvalue weighted by Crippen LogP contribution is -2.46. The number of nitrogens with one attached hydrogen (secondary N) is 1. The zero-order valence-electron chi connectivity index (χ0n) is 16.0.